The summed E-state index contributed by atoms with van der Waals surface area (Å²) in [6.45, 7) is 0. The molecule has 0 saturated heterocycles. The molecule has 1 aromatic carbocycles. The van der Waals surface area contributed by atoms with Gasteiger partial charge in [0.05, 0.1) is 0 Å². The number of hydrogen-bond acceptors (Lipinski definition) is 0. The van der Waals surface area contributed by atoms with E-state index in [0.717, 1.165) is 15.4 Å². The number of hydrogen-bond donors (Lipinski definition) is 0. The van der Waals surface area contributed by atoms with Gasteiger partial charge in [-0.1, -0.05) is 27.5 Å². The Bertz CT molecular complexity index is 325. The third-order valence-electron chi connectivity index (χ3n) is 2.48. The molecule has 0 aliphatic heterocycles. The highest BCUT2D eigenvalue weighted by molar-refractivity contribution is 9.10. The Kier molecular flexibility index (Phi) is 2.87. The minimum Gasteiger partial charge on any atom is -0.126 e. The van der Waals surface area contributed by atoms with Crippen LogP contribution < -0.4 is 0 Å². The second-order valence-electron chi connectivity index (χ2n) is 3.42. The second kappa shape index (κ2) is 3.80. The Morgan fingerprint density at radius 3 is 2.85 bits per heavy atom. The second-order valence-corrected chi connectivity index (χ2v) is 5.05. The maximum Gasteiger partial charge on any atom is 0.0441 e. The number of alkyl halides is 1. The Morgan fingerprint density at radius 1 is 1.46 bits per heavy atom. The Labute approximate surface area is 96.4 Å². The fraction of sp³-hybridized carbons (Fsp3) is 0.400. The highest BCUT2D eigenvalue weighted by Gasteiger charge is 2.38. The van der Waals surface area contributed by atoms with Crippen molar-refractivity contribution in [1.82, 2.24) is 0 Å². The summed E-state index contributed by atoms with van der Waals surface area (Å²) in [5.74, 6) is 1.96. The van der Waals surface area contributed by atoms with Gasteiger partial charge in [-0.3, -0.25) is 0 Å². The van der Waals surface area contributed by atoms with Gasteiger partial charge in [0, 0.05) is 15.4 Å². The van der Waals surface area contributed by atoms with Crippen LogP contribution in [0.5, 0.6) is 0 Å². The smallest absolute Gasteiger partial charge is 0.0441 e. The molecule has 0 bridgehead atoms. The van der Waals surface area contributed by atoms with E-state index in [-0.39, 0.29) is 0 Å². The summed E-state index contributed by atoms with van der Waals surface area (Å²) < 4.78 is 1.09. The van der Waals surface area contributed by atoms with Gasteiger partial charge in [-0.05, 0) is 42.0 Å². The lowest BCUT2D eigenvalue weighted by atomic mass is 10.1. The van der Waals surface area contributed by atoms with Gasteiger partial charge in [-0.15, -0.1) is 11.6 Å². The molecule has 13 heavy (non-hydrogen) atoms. The van der Waals surface area contributed by atoms with E-state index in [1.807, 2.05) is 12.1 Å². The van der Waals surface area contributed by atoms with E-state index in [1.165, 1.54) is 12.0 Å². The normalized spacial score (nSPS) is 26.1. The molecule has 0 nitrogen and oxygen atoms in total. The topological polar surface area (TPSA) is 0 Å². The lowest BCUT2D eigenvalue weighted by molar-refractivity contribution is 0.923. The van der Waals surface area contributed by atoms with Crippen molar-refractivity contribution in [3.05, 3.63) is 33.3 Å². The average molecular weight is 280 g/mol. The molecule has 0 spiro atoms. The molecule has 2 atom stereocenters. The van der Waals surface area contributed by atoms with Crippen LogP contribution in [0.1, 0.15) is 17.9 Å². The predicted octanol–water partition coefficient (Wildman–Crippen LogP) is 4.44. The van der Waals surface area contributed by atoms with Crippen molar-refractivity contribution >= 4 is 39.1 Å². The standard InChI is InChI=1S/C10H9BrCl2/c11-7-1-2-10(13)9(4-7)8-3-6(8)5-12/h1-2,4,6,8H,3,5H2. The molecule has 3 heteroatoms. The lowest BCUT2D eigenvalue weighted by Gasteiger charge is -2.03. The van der Waals surface area contributed by atoms with Crippen molar-refractivity contribution in [2.75, 3.05) is 5.88 Å². The van der Waals surface area contributed by atoms with Crippen molar-refractivity contribution in [2.24, 2.45) is 5.92 Å². The molecule has 1 aliphatic rings. The number of rotatable bonds is 2. The quantitative estimate of drug-likeness (QED) is 0.702. The molecule has 2 rings (SSSR count). The fourth-order valence-corrected chi connectivity index (χ4v) is 2.58. The van der Waals surface area contributed by atoms with Crippen molar-refractivity contribution < 1.29 is 0 Å². The van der Waals surface area contributed by atoms with Crippen LogP contribution in [0.15, 0.2) is 22.7 Å². The van der Waals surface area contributed by atoms with Crippen LogP contribution in [0.25, 0.3) is 0 Å². The zero-order valence-corrected chi connectivity index (χ0v) is 10.0. The molecule has 0 heterocycles. The summed E-state index contributed by atoms with van der Waals surface area (Å²) in [5, 5.41) is 0.862. The van der Waals surface area contributed by atoms with Gasteiger partial charge in [0.15, 0.2) is 0 Å². The molecule has 0 radical (unpaired) electrons. The molecular formula is C10H9BrCl2. The molecule has 0 N–H and O–H groups in total. The fourth-order valence-electron chi connectivity index (χ4n) is 1.60. The molecule has 1 saturated carbocycles. The van der Waals surface area contributed by atoms with E-state index in [0.29, 0.717) is 11.8 Å². The molecular weight excluding hydrogens is 271 g/mol. The summed E-state index contributed by atoms with van der Waals surface area (Å²) in [6, 6.07) is 5.99. The van der Waals surface area contributed by atoms with Gasteiger partial charge < -0.3 is 0 Å². The van der Waals surface area contributed by atoms with Crippen LogP contribution in [0.2, 0.25) is 5.02 Å². The summed E-state index contributed by atoms with van der Waals surface area (Å²) in [5.41, 5.74) is 1.24. The summed E-state index contributed by atoms with van der Waals surface area (Å²) >= 11 is 15.3. The maximum absolute atomic E-state index is 6.09. The van der Waals surface area contributed by atoms with Gasteiger partial charge >= 0.3 is 0 Å². The summed E-state index contributed by atoms with van der Waals surface area (Å²) in [6.07, 6.45) is 1.18. The van der Waals surface area contributed by atoms with E-state index < -0.39 is 0 Å². The minimum atomic E-state index is 0.586. The first-order chi connectivity index (χ1) is 6.22. The lowest BCUT2D eigenvalue weighted by Crippen LogP contribution is -1.86. The first kappa shape index (κ1) is 9.82. The van der Waals surface area contributed by atoms with Gasteiger partial charge in [-0.25, -0.2) is 0 Å². The van der Waals surface area contributed by atoms with E-state index in [2.05, 4.69) is 22.0 Å². The molecule has 1 aromatic rings. The summed E-state index contributed by atoms with van der Waals surface area (Å²) in [7, 11) is 0. The van der Waals surface area contributed by atoms with Gasteiger partial charge in [-0.2, -0.15) is 0 Å². The number of benzene rings is 1. The Hall–Kier alpha value is 0.280. The maximum atomic E-state index is 6.09. The van der Waals surface area contributed by atoms with Crippen LogP contribution in [0.4, 0.5) is 0 Å². The molecule has 2 unspecified atom stereocenters. The van der Waals surface area contributed by atoms with Gasteiger partial charge in [0.25, 0.3) is 0 Å². The van der Waals surface area contributed by atoms with E-state index in [1.54, 1.807) is 0 Å². The largest absolute Gasteiger partial charge is 0.126 e. The molecule has 0 amide bonds. The molecule has 70 valence electrons. The molecule has 1 aliphatic carbocycles. The van der Waals surface area contributed by atoms with Crippen LogP contribution in [-0.2, 0) is 0 Å². The Morgan fingerprint density at radius 2 is 2.23 bits per heavy atom. The third kappa shape index (κ3) is 2.03. The van der Waals surface area contributed by atoms with Gasteiger partial charge in [0.2, 0.25) is 0 Å². The van der Waals surface area contributed by atoms with Crippen LogP contribution in [0, 0.1) is 5.92 Å². The average Bonchev–Trinajstić information content (AvgIpc) is 2.88. The highest BCUT2D eigenvalue weighted by atomic mass is 79.9. The van der Waals surface area contributed by atoms with Gasteiger partial charge in [0.1, 0.15) is 0 Å². The Balaban J connectivity index is 2.25. The molecule has 0 aromatic heterocycles. The van der Waals surface area contributed by atoms with E-state index in [9.17, 15) is 0 Å². The first-order valence-corrected chi connectivity index (χ1v) is 5.94. The highest BCUT2D eigenvalue weighted by Crippen LogP contribution is 2.50. The van der Waals surface area contributed by atoms with E-state index in [4.69, 9.17) is 23.2 Å². The SMILES string of the molecule is ClCC1CC1c1cc(Br)ccc1Cl. The monoisotopic (exact) mass is 278 g/mol. The molecule has 1 fully saturated rings. The van der Waals surface area contributed by atoms with E-state index >= 15 is 0 Å². The van der Waals surface area contributed by atoms with Crippen molar-refractivity contribution in [3.8, 4) is 0 Å². The summed E-state index contributed by atoms with van der Waals surface area (Å²) in [4.78, 5) is 0. The van der Waals surface area contributed by atoms with Crippen molar-refractivity contribution in [1.29, 1.82) is 0 Å². The first-order valence-electron chi connectivity index (χ1n) is 4.23. The van der Waals surface area contributed by atoms with Crippen molar-refractivity contribution in [2.45, 2.75) is 12.3 Å². The number of halogens is 3. The zero-order valence-electron chi connectivity index (χ0n) is 6.93. The van der Waals surface area contributed by atoms with Crippen LogP contribution in [-0.4, -0.2) is 5.88 Å². The van der Waals surface area contributed by atoms with Crippen LogP contribution >= 0.6 is 39.1 Å². The van der Waals surface area contributed by atoms with Crippen LogP contribution in [0.3, 0.4) is 0 Å². The predicted molar refractivity (Wildman–Crippen MR) is 60.7 cm³/mol. The minimum absolute atomic E-state index is 0.586. The van der Waals surface area contributed by atoms with Crippen molar-refractivity contribution in [3.63, 3.8) is 0 Å². The zero-order chi connectivity index (χ0) is 9.42. The third-order valence-corrected chi connectivity index (χ3v) is 3.71.